The van der Waals surface area contributed by atoms with Crippen molar-refractivity contribution in [1.82, 2.24) is 15.0 Å². The summed E-state index contributed by atoms with van der Waals surface area (Å²) in [5, 5.41) is 6.53. The van der Waals surface area contributed by atoms with Crippen LogP contribution >= 0.6 is 11.9 Å². The predicted molar refractivity (Wildman–Crippen MR) is 118 cm³/mol. The molecule has 31 heavy (non-hydrogen) atoms. The van der Waals surface area contributed by atoms with Gasteiger partial charge in [0.25, 0.3) is 0 Å². The van der Waals surface area contributed by atoms with Crippen molar-refractivity contribution in [3.05, 3.63) is 5.82 Å². The third kappa shape index (κ3) is 6.08. The van der Waals surface area contributed by atoms with Crippen LogP contribution in [-0.2, 0) is 0 Å². The molecule has 0 amide bonds. The lowest BCUT2D eigenvalue weighted by molar-refractivity contribution is -0.0361. The molecule has 0 bridgehead atoms. The maximum Gasteiger partial charge on any atom is 0.248 e. The number of rotatable bonds is 5. The predicted octanol–water partition coefficient (Wildman–Crippen LogP) is 4.81. The molecule has 0 radical (unpaired) electrons. The highest BCUT2D eigenvalue weighted by molar-refractivity contribution is 7.98. The molecular weight excluding hydrogens is 427 g/mol. The second-order valence-corrected chi connectivity index (χ2v) is 9.61. The number of nitrogens with zero attached hydrogens (tertiary/aromatic N) is 5. The number of aliphatic imine (C=N–C) groups is 1. The smallest absolute Gasteiger partial charge is 0.248 e. The number of aromatic nitrogens is 3. The quantitative estimate of drug-likeness (QED) is 0.620. The highest BCUT2D eigenvalue weighted by Crippen LogP contribution is 2.34. The number of anilines is 2. The standard InChI is InChI=1S/C20H28F3N7S/c1-12-24-15(11-31-30-12)16-27-17(25-13-3-7-19(2,21)8-4-13)29-18(28-16)26-14-5-9-20(22,23)10-6-14/h13-14H,3-11H2,1-2H3,(H2,25,26,27,28,29). The zero-order valence-corrected chi connectivity index (χ0v) is 18.6. The largest absolute Gasteiger partial charge is 0.351 e. The van der Waals surface area contributed by atoms with E-state index in [1.165, 1.54) is 11.9 Å². The van der Waals surface area contributed by atoms with E-state index in [1.807, 2.05) is 6.92 Å². The van der Waals surface area contributed by atoms with Gasteiger partial charge in [0.15, 0.2) is 5.82 Å². The molecule has 3 aliphatic rings. The molecule has 2 fully saturated rings. The Labute approximate surface area is 184 Å². The normalized spacial score (nSPS) is 29.1. The monoisotopic (exact) mass is 455 g/mol. The van der Waals surface area contributed by atoms with E-state index in [0.717, 1.165) is 0 Å². The SMILES string of the molecule is CC1=NSCC(c2nc(NC3CCC(C)(F)CC3)nc(NC3CCC(F)(F)CC3)n2)=N1. The van der Waals surface area contributed by atoms with E-state index in [2.05, 4.69) is 35.0 Å². The molecule has 0 atom stereocenters. The second-order valence-electron chi connectivity index (χ2n) is 8.88. The highest BCUT2D eigenvalue weighted by Gasteiger charge is 2.35. The summed E-state index contributed by atoms with van der Waals surface area (Å²) in [5.41, 5.74) is -0.426. The maximum atomic E-state index is 14.1. The van der Waals surface area contributed by atoms with Crippen LogP contribution in [0, 0.1) is 0 Å². The second kappa shape index (κ2) is 8.91. The van der Waals surface area contributed by atoms with Gasteiger partial charge in [-0.2, -0.15) is 15.0 Å². The molecule has 0 aromatic carbocycles. The average Bonchev–Trinajstić information content (AvgIpc) is 2.71. The molecule has 1 aromatic heterocycles. The van der Waals surface area contributed by atoms with Gasteiger partial charge in [0, 0.05) is 24.9 Å². The minimum Gasteiger partial charge on any atom is -0.351 e. The van der Waals surface area contributed by atoms with Gasteiger partial charge in [0.1, 0.15) is 11.5 Å². The van der Waals surface area contributed by atoms with Crippen LogP contribution in [0.1, 0.15) is 71.0 Å². The maximum absolute atomic E-state index is 14.1. The average molecular weight is 456 g/mol. The van der Waals surface area contributed by atoms with Crippen molar-refractivity contribution in [3.63, 3.8) is 0 Å². The van der Waals surface area contributed by atoms with Crippen LogP contribution in [-0.4, -0.2) is 55.9 Å². The van der Waals surface area contributed by atoms with E-state index in [4.69, 9.17) is 0 Å². The molecule has 4 rings (SSSR count). The van der Waals surface area contributed by atoms with Crippen molar-refractivity contribution < 1.29 is 13.2 Å². The molecule has 2 aliphatic carbocycles. The summed E-state index contributed by atoms with van der Waals surface area (Å²) < 4.78 is 45.4. The summed E-state index contributed by atoms with van der Waals surface area (Å²) in [6.07, 6.45) is 2.79. The van der Waals surface area contributed by atoms with E-state index in [1.54, 1.807) is 6.92 Å². The van der Waals surface area contributed by atoms with Gasteiger partial charge in [0.2, 0.25) is 17.8 Å². The molecule has 2 heterocycles. The fourth-order valence-corrected chi connectivity index (χ4v) is 4.71. The highest BCUT2D eigenvalue weighted by atomic mass is 32.2. The molecular formula is C20H28F3N7S. The molecule has 7 nitrogen and oxygen atoms in total. The Balaban J connectivity index is 1.53. The molecule has 11 heteroatoms. The van der Waals surface area contributed by atoms with Crippen LogP contribution in [0.4, 0.5) is 25.1 Å². The van der Waals surface area contributed by atoms with E-state index < -0.39 is 11.6 Å². The fourth-order valence-electron chi connectivity index (χ4n) is 4.10. The first-order valence-electron chi connectivity index (χ1n) is 10.8. The molecule has 170 valence electrons. The number of halogens is 3. The van der Waals surface area contributed by atoms with Crippen molar-refractivity contribution in [2.45, 2.75) is 88.9 Å². The Morgan fingerprint density at radius 3 is 1.97 bits per heavy atom. The topological polar surface area (TPSA) is 87.5 Å². The Hall–Kier alpha value is -1.91. The Morgan fingerprint density at radius 2 is 1.42 bits per heavy atom. The summed E-state index contributed by atoms with van der Waals surface area (Å²) in [5.74, 6) is -0.227. The summed E-state index contributed by atoms with van der Waals surface area (Å²) in [4.78, 5) is 18.0. The van der Waals surface area contributed by atoms with Crippen LogP contribution in [0.5, 0.6) is 0 Å². The van der Waals surface area contributed by atoms with Gasteiger partial charge in [-0.1, -0.05) is 0 Å². The number of alkyl halides is 3. The zero-order valence-electron chi connectivity index (χ0n) is 17.8. The zero-order chi connectivity index (χ0) is 22.1. The van der Waals surface area contributed by atoms with E-state index in [0.29, 0.717) is 73.5 Å². The van der Waals surface area contributed by atoms with Crippen LogP contribution in [0.2, 0.25) is 0 Å². The van der Waals surface area contributed by atoms with Crippen molar-refractivity contribution >= 4 is 35.4 Å². The van der Waals surface area contributed by atoms with Crippen LogP contribution in [0.3, 0.4) is 0 Å². The lowest BCUT2D eigenvalue weighted by atomic mass is 9.85. The first-order chi connectivity index (χ1) is 14.7. The van der Waals surface area contributed by atoms with E-state index >= 15 is 0 Å². The summed E-state index contributed by atoms with van der Waals surface area (Å²) >= 11 is 1.38. The number of hydrogen-bond donors (Lipinski definition) is 2. The van der Waals surface area contributed by atoms with Gasteiger partial charge in [0.05, 0.1) is 11.5 Å². The molecule has 1 aromatic rings. The number of nitrogens with one attached hydrogen (secondary N) is 2. The van der Waals surface area contributed by atoms with Crippen LogP contribution < -0.4 is 10.6 Å². The lowest BCUT2D eigenvalue weighted by Gasteiger charge is -2.31. The molecule has 1 aliphatic heterocycles. The Kier molecular flexibility index (Phi) is 6.41. The summed E-state index contributed by atoms with van der Waals surface area (Å²) in [6, 6.07) is -0.0399. The first kappa shape index (κ1) is 22.3. The van der Waals surface area contributed by atoms with E-state index in [-0.39, 0.29) is 24.9 Å². The van der Waals surface area contributed by atoms with Crippen LogP contribution in [0.25, 0.3) is 0 Å². The van der Waals surface area contributed by atoms with Gasteiger partial charge >= 0.3 is 0 Å². The molecule has 2 N–H and O–H groups in total. The van der Waals surface area contributed by atoms with Gasteiger partial charge in [-0.15, -0.1) is 0 Å². The van der Waals surface area contributed by atoms with Crippen molar-refractivity contribution in [2.75, 3.05) is 16.4 Å². The molecule has 0 spiro atoms. The molecule has 0 saturated heterocycles. The first-order valence-corrected chi connectivity index (χ1v) is 11.7. The minimum absolute atomic E-state index is 0.0752. The van der Waals surface area contributed by atoms with Gasteiger partial charge in [-0.25, -0.2) is 22.6 Å². The fraction of sp³-hybridized carbons (Fsp3) is 0.750. The van der Waals surface area contributed by atoms with Gasteiger partial charge in [-0.3, -0.25) is 0 Å². The van der Waals surface area contributed by atoms with Crippen molar-refractivity contribution in [1.29, 1.82) is 0 Å². The van der Waals surface area contributed by atoms with E-state index in [9.17, 15) is 13.2 Å². The summed E-state index contributed by atoms with van der Waals surface area (Å²) in [7, 11) is 0. The minimum atomic E-state index is -2.59. The lowest BCUT2D eigenvalue weighted by Crippen LogP contribution is -2.34. The van der Waals surface area contributed by atoms with Crippen molar-refractivity contribution in [2.24, 2.45) is 9.39 Å². The number of amidine groups is 1. The summed E-state index contributed by atoms with van der Waals surface area (Å²) in [6.45, 7) is 3.45. The Morgan fingerprint density at radius 1 is 0.871 bits per heavy atom. The van der Waals surface area contributed by atoms with Crippen molar-refractivity contribution in [3.8, 4) is 0 Å². The van der Waals surface area contributed by atoms with Gasteiger partial charge < -0.3 is 10.6 Å². The third-order valence-electron chi connectivity index (χ3n) is 6.00. The van der Waals surface area contributed by atoms with Crippen LogP contribution in [0.15, 0.2) is 9.39 Å². The number of hydrogen-bond acceptors (Lipinski definition) is 8. The molecule has 2 saturated carbocycles. The molecule has 0 unspecified atom stereocenters. The Bertz CT molecular complexity index is 806. The third-order valence-corrected chi connectivity index (χ3v) is 6.80. The van der Waals surface area contributed by atoms with Gasteiger partial charge in [-0.05, 0) is 64.3 Å².